The number of benzene rings is 1. The summed E-state index contributed by atoms with van der Waals surface area (Å²) in [5.41, 5.74) is 2.76. The second-order valence-electron chi connectivity index (χ2n) is 10.3. The third-order valence-corrected chi connectivity index (χ3v) is 5.52. The number of aryl methyl sites for hydroxylation is 1. The molecule has 0 aliphatic carbocycles. The van der Waals surface area contributed by atoms with Crippen molar-refractivity contribution in [2.75, 3.05) is 26.2 Å². The van der Waals surface area contributed by atoms with E-state index in [1.54, 1.807) is 0 Å². The van der Waals surface area contributed by atoms with E-state index < -0.39 is 0 Å². The van der Waals surface area contributed by atoms with Gasteiger partial charge in [0.25, 0.3) is 0 Å². The molecule has 1 rings (SSSR count). The highest BCUT2D eigenvalue weighted by atomic mass is 16.5. The average molecular weight is 404 g/mol. The van der Waals surface area contributed by atoms with Crippen molar-refractivity contribution >= 4 is 0 Å². The Hall–Kier alpha value is -1.02. The van der Waals surface area contributed by atoms with E-state index in [4.69, 9.17) is 4.74 Å². The Kier molecular flexibility index (Phi) is 12.6. The summed E-state index contributed by atoms with van der Waals surface area (Å²) < 4.78 is 6.15. The molecule has 0 atom stereocenters. The molecule has 0 spiro atoms. The second kappa shape index (κ2) is 14.1. The molecule has 2 heteroatoms. The fraction of sp³-hybridized carbons (Fsp3) is 0.778. The number of unbranched alkanes of at least 4 members (excludes halogenated alkanes) is 6. The third-order valence-electron chi connectivity index (χ3n) is 5.52. The van der Waals surface area contributed by atoms with Crippen LogP contribution in [0.5, 0.6) is 5.75 Å². The van der Waals surface area contributed by atoms with Crippen molar-refractivity contribution in [3.63, 3.8) is 0 Å². The Labute approximate surface area is 182 Å². The molecule has 0 saturated carbocycles. The topological polar surface area (TPSA) is 12.5 Å². The molecule has 0 aromatic heterocycles. The van der Waals surface area contributed by atoms with Crippen LogP contribution in [0.4, 0.5) is 0 Å². The molecule has 1 aromatic carbocycles. The minimum absolute atomic E-state index is 0.127. The first-order valence-electron chi connectivity index (χ1n) is 12.2. The maximum atomic E-state index is 6.15. The Morgan fingerprint density at radius 1 is 0.897 bits per heavy atom. The smallest absolute Gasteiger partial charge is 0.123 e. The fourth-order valence-electron chi connectivity index (χ4n) is 3.87. The third kappa shape index (κ3) is 11.7. The Morgan fingerprint density at radius 3 is 2.14 bits per heavy atom. The number of nitrogens with zero attached hydrogens (tertiary/aromatic N) is 1. The van der Waals surface area contributed by atoms with Gasteiger partial charge in [-0.2, -0.15) is 0 Å². The summed E-state index contributed by atoms with van der Waals surface area (Å²) in [5, 5.41) is 0. The first-order chi connectivity index (χ1) is 13.7. The predicted molar refractivity (Wildman–Crippen MR) is 129 cm³/mol. The first kappa shape index (κ1) is 26.0. The highest BCUT2D eigenvalue weighted by molar-refractivity contribution is 5.41. The van der Waals surface area contributed by atoms with Gasteiger partial charge >= 0.3 is 0 Å². The summed E-state index contributed by atoms with van der Waals surface area (Å²) in [6, 6.07) is 6.59. The second-order valence-corrected chi connectivity index (χ2v) is 10.3. The molecule has 0 radical (unpaired) electrons. The van der Waals surface area contributed by atoms with Crippen molar-refractivity contribution in [3.05, 3.63) is 29.3 Å². The minimum atomic E-state index is 0.127. The molecule has 168 valence electrons. The van der Waals surface area contributed by atoms with Crippen molar-refractivity contribution in [1.82, 2.24) is 4.90 Å². The van der Waals surface area contributed by atoms with Crippen LogP contribution < -0.4 is 4.74 Å². The van der Waals surface area contributed by atoms with E-state index in [1.165, 1.54) is 75.7 Å². The zero-order valence-corrected chi connectivity index (χ0v) is 20.7. The molecule has 0 amide bonds. The van der Waals surface area contributed by atoms with Crippen molar-refractivity contribution < 1.29 is 4.74 Å². The van der Waals surface area contributed by atoms with E-state index in [0.29, 0.717) is 0 Å². The monoisotopic (exact) mass is 403 g/mol. The van der Waals surface area contributed by atoms with Gasteiger partial charge in [-0.05, 0) is 62.2 Å². The zero-order valence-electron chi connectivity index (χ0n) is 20.7. The van der Waals surface area contributed by atoms with Crippen molar-refractivity contribution in [2.45, 2.75) is 105 Å². The summed E-state index contributed by atoms with van der Waals surface area (Å²) in [6.07, 6.45) is 10.5. The molecule has 29 heavy (non-hydrogen) atoms. The first-order valence-corrected chi connectivity index (χ1v) is 12.2. The molecule has 1 aromatic rings. The largest absolute Gasteiger partial charge is 0.493 e. The van der Waals surface area contributed by atoms with Gasteiger partial charge in [-0.25, -0.2) is 0 Å². The lowest BCUT2D eigenvalue weighted by atomic mass is 9.85. The molecule has 0 bridgehead atoms. The highest BCUT2D eigenvalue weighted by Crippen LogP contribution is 2.32. The van der Waals surface area contributed by atoms with E-state index in [0.717, 1.165) is 24.7 Å². The number of ether oxygens (including phenoxy) is 1. The lowest BCUT2D eigenvalue weighted by Crippen LogP contribution is -2.29. The molecule has 0 aliphatic heterocycles. The number of rotatable bonds is 15. The van der Waals surface area contributed by atoms with E-state index in [2.05, 4.69) is 71.6 Å². The van der Waals surface area contributed by atoms with E-state index in [1.807, 2.05) is 0 Å². The molecule has 0 fully saturated rings. The van der Waals surface area contributed by atoms with Gasteiger partial charge in [0, 0.05) is 6.54 Å². The summed E-state index contributed by atoms with van der Waals surface area (Å²) in [5.74, 6) is 1.85. The Balaban J connectivity index is 2.17. The summed E-state index contributed by atoms with van der Waals surface area (Å²) in [6.45, 7) is 20.6. The summed E-state index contributed by atoms with van der Waals surface area (Å²) >= 11 is 0. The fourth-order valence-corrected chi connectivity index (χ4v) is 3.87. The normalized spacial score (nSPS) is 12.2. The standard InChI is InChI=1S/C27H49NO/c1-8-9-18-28(22-23(2)3)19-14-12-10-11-13-15-20-29-26-17-16-24(4)21-25(26)27(5,6)7/h16-17,21,23H,8-15,18-20,22H2,1-7H3. The van der Waals surface area contributed by atoms with Crippen molar-refractivity contribution in [1.29, 1.82) is 0 Å². The maximum absolute atomic E-state index is 6.15. The molecule has 0 unspecified atom stereocenters. The van der Waals surface area contributed by atoms with Crippen LogP contribution in [0, 0.1) is 12.8 Å². The molecule has 2 nitrogen and oxygen atoms in total. The summed E-state index contributed by atoms with van der Waals surface area (Å²) in [7, 11) is 0. The van der Waals surface area contributed by atoms with E-state index in [-0.39, 0.29) is 5.41 Å². The van der Waals surface area contributed by atoms with E-state index in [9.17, 15) is 0 Å². The predicted octanol–water partition coefficient (Wildman–Crippen LogP) is 7.77. The van der Waals surface area contributed by atoms with Crippen LogP contribution in [-0.4, -0.2) is 31.1 Å². The van der Waals surface area contributed by atoms with Gasteiger partial charge in [0.05, 0.1) is 6.61 Å². The molecule has 0 saturated heterocycles. The van der Waals surface area contributed by atoms with Gasteiger partial charge in [0.15, 0.2) is 0 Å². The quantitative estimate of drug-likeness (QED) is 0.277. The lowest BCUT2D eigenvalue weighted by Gasteiger charge is -2.24. The van der Waals surface area contributed by atoms with Gasteiger partial charge in [0.2, 0.25) is 0 Å². The SMILES string of the molecule is CCCCN(CCCCCCCCOc1ccc(C)cc1C(C)(C)C)CC(C)C. The van der Waals surface area contributed by atoms with Crippen LogP contribution in [0.1, 0.15) is 104 Å². The van der Waals surface area contributed by atoms with Gasteiger partial charge < -0.3 is 9.64 Å². The number of hydrogen-bond donors (Lipinski definition) is 0. The molecule has 0 N–H and O–H groups in total. The van der Waals surface area contributed by atoms with Gasteiger partial charge in [0.1, 0.15) is 5.75 Å². The minimum Gasteiger partial charge on any atom is -0.493 e. The lowest BCUT2D eigenvalue weighted by molar-refractivity contribution is 0.235. The van der Waals surface area contributed by atoms with Crippen LogP contribution in [0.25, 0.3) is 0 Å². The van der Waals surface area contributed by atoms with Gasteiger partial charge in [-0.3, -0.25) is 0 Å². The van der Waals surface area contributed by atoms with Gasteiger partial charge in [-0.15, -0.1) is 0 Å². The summed E-state index contributed by atoms with van der Waals surface area (Å²) in [4.78, 5) is 2.68. The van der Waals surface area contributed by atoms with Crippen LogP contribution >= 0.6 is 0 Å². The van der Waals surface area contributed by atoms with Gasteiger partial charge in [-0.1, -0.05) is 91.3 Å². The average Bonchev–Trinajstić information content (AvgIpc) is 2.64. The van der Waals surface area contributed by atoms with Crippen LogP contribution in [-0.2, 0) is 5.41 Å². The zero-order chi connectivity index (χ0) is 21.7. The Morgan fingerprint density at radius 2 is 1.52 bits per heavy atom. The van der Waals surface area contributed by atoms with Crippen molar-refractivity contribution in [2.24, 2.45) is 5.92 Å². The molecular formula is C27H49NO. The molecular weight excluding hydrogens is 354 g/mol. The number of hydrogen-bond acceptors (Lipinski definition) is 2. The van der Waals surface area contributed by atoms with Crippen LogP contribution in [0.15, 0.2) is 18.2 Å². The van der Waals surface area contributed by atoms with E-state index >= 15 is 0 Å². The van der Waals surface area contributed by atoms with Crippen molar-refractivity contribution in [3.8, 4) is 5.75 Å². The highest BCUT2D eigenvalue weighted by Gasteiger charge is 2.19. The Bertz CT molecular complexity index is 544. The van der Waals surface area contributed by atoms with Crippen LogP contribution in [0.2, 0.25) is 0 Å². The molecule has 0 aliphatic rings. The maximum Gasteiger partial charge on any atom is 0.123 e. The van der Waals surface area contributed by atoms with Crippen LogP contribution in [0.3, 0.4) is 0 Å². The molecule has 0 heterocycles.